The molecule has 0 unspecified atom stereocenters. The van der Waals surface area contributed by atoms with Gasteiger partial charge in [-0.3, -0.25) is 4.79 Å². The summed E-state index contributed by atoms with van der Waals surface area (Å²) in [5.74, 6) is -2.30. The molecule has 1 amide bonds. The van der Waals surface area contributed by atoms with E-state index >= 15 is 0 Å². The Kier molecular flexibility index (Phi) is 3.82. The molecule has 0 heterocycles. The molecule has 0 spiro atoms. The Hall–Kier alpha value is -1.20. The van der Waals surface area contributed by atoms with Gasteiger partial charge in [-0.15, -0.1) is 0 Å². The number of carbonyl (C=O) groups is 1. The topological polar surface area (TPSA) is 40.5 Å². The van der Waals surface area contributed by atoms with Crippen molar-refractivity contribution in [3.8, 4) is 0 Å². The summed E-state index contributed by atoms with van der Waals surface area (Å²) in [7, 11) is 0. The van der Waals surface area contributed by atoms with Gasteiger partial charge in [0.2, 0.25) is 0 Å². The SMILES string of the molecule is O=C(c1cc(F)c(Cl)cc1F)N(CCO)C1CC1. The van der Waals surface area contributed by atoms with Crippen LogP contribution >= 0.6 is 11.6 Å². The molecule has 1 aliphatic carbocycles. The summed E-state index contributed by atoms with van der Waals surface area (Å²) in [6, 6.07) is 1.60. The number of halogens is 3. The molecule has 0 radical (unpaired) electrons. The number of rotatable bonds is 4. The van der Waals surface area contributed by atoms with Crippen LogP contribution in [0.25, 0.3) is 0 Å². The van der Waals surface area contributed by atoms with E-state index < -0.39 is 17.5 Å². The molecule has 1 saturated carbocycles. The van der Waals surface area contributed by atoms with E-state index in [0.29, 0.717) is 0 Å². The number of hydrogen-bond acceptors (Lipinski definition) is 2. The Morgan fingerprint density at radius 1 is 1.39 bits per heavy atom. The monoisotopic (exact) mass is 275 g/mol. The largest absolute Gasteiger partial charge is 0.395 e. The van der Waals surface area contributed by atoms with Gasteiger partial charge < -0.3 is 10.0 Å². The van der Waals surface area contributed by atoms with Crippen molar-refractivity contribution in [1.29, 1.82) is 0 Å². The highest BCUT2D eigenvalue weighted by Gasteiger charge is 2.33. The molecular weight excluding hydrogens is 264 g/mol. The first-order valence-electron chi connectivity index (χ1n) is 5.61. The maximum absolute atomic E-state index is 13.6. The Morgan fingerprint density at radius 2 is 2.06 bits per heavy atom. The fraction of sp³-hybridized carbons (Fsp3) is 0.417. The molecule has 1 fully saturated rings. The molecule has 18 heavy (non-hydrogen) atoms. The van der Waals surface area contributed by atoms with Crippen LogP contribution < -0.4 is 0 Å². The summed E-state index contributed by atoms with van der Waals surface area (Å²) in [4.78, 5) is 13.4. The first kappa shape index (κ1) is 13.2. The molecule has 1 aromatic carbocycles. The van der Waals surface area contributed by atoms with Crippen molar-refractivity contribution < 1.29 is 18.7 Å². The van der Waals surface area contributed by atoms with Crippen LogP contribution in [0.4, 0.5) is 8.78 Å². The fourth-order valence-electron chi connectivity index (χ4n) is 1.79. The van der Waals surface area contributed by atoms with Gasteiger partial charge >= 0.3 is 0 Å². The molecule has 98 valence electrons. The standard InChI is InChI=1S/C12H12ClF2NO2/c13-9-6-10(14)8(5-11(9)15)12(18)16(3-4-17)7-1-2-7/h5-7,17H,1-4H2. The molecule has 0 aliphatic heterocycles. The molecule has 1 N–H and O–H groups in total. The van der Waals surface area contributed by atoms with E-state index in [4.69, 9.17) is 16.7 Å². The first-order chi connectivity index (χ1) is 8.54. The third-order valence-electron chi connectivity index (χ3n) is 2.83. The van der Waals surface area contributed by atoms with Crippen molar-refractivity contribution in [2.75, 3.05) is 13.2 Å². The van der Waals surface area contributed by atoms with Crippen molar-refractivity contribution in [1.82, 2.24) is 4.90 Å². The summed E-state index contributed by atoms with van der Waals surface area (Å²) in [6.07, 6.45) is 1.65. The van der Waals surface area contributed by atoms with Crippen molar-refractivity contribution in [2.24, 2.45) is 0 Å². The molecule has 0 saturated heterocycles. The third kappa shape index (κ3) is 2.62. The van der Waals surface area contributed by atoms with Gasteiger partial charge in [0.25, 0.3) is 5.91 Å². The highest BCUT2D eigenvalue weighted by atomic mass is 35.5. The summed E-state index contributed by atoms with van der Waals surface area (Å²) in [5, 5.41) is 8.54. The highest BCUT2D eigenvalue weighted by Crippen LogP contribution is 2.29. The summed E-state index contributed by atoms with van der Waals surface area (Å²) >= 11 is 5.43. The lowest BCUT2D eigenvalue weighted by atomic mass is 10.1. The smallest absolute Gasteiger partial charge is 0.257 e. The van der Waals surface area contributed by atoms with Gasteiger partial charge in [-0.25, -0.2) is 8.78 Å². The normalized spacial score (nSPS) is 14.7. The summed E-state index contributed by atoms with van der Waals surface area (Å²) < 4.78 is 26.9. The van der Waals surface area contributed by atoms with Crippen LogP contribution in [0.15, 0.2) is 12.1 Å². The quantitative estimate of drug-likeness (QED) is 0.856. The van der Waals surface area contributed by atoms with E-state index in [0.717, 1.165) is 25.0 Å². The number of amides is 1. The highest BCUT2D eigenvalue weighted by molar-refractivity contribution is 6.30. The lowest BCUT2D eigenvalue weighted by Crippen LogP contribution is -2.36. The Labute approximate surface area is 108 Å². The number of benzene rings is 1. The molecule has 2 rings (SSSR count). The van der Waals surface area contributed by atoms with Gasteiger partial charge in [0.05, 0.1) is 17.2 Å². The second-order valence-electron chi connectivity index (χ2n) is 4.20. The Balaban J connectivity index is 2.29. The lowest BCUT2D eigenvalue weighted by Gasteiger charge is -2.21. The van der Waals surface area contributed by atoms with E-state index in [1.807, 2.05) is 0 Å². The minimum Gasteiger partial charge on any atom is -0.395 e. The van der Waals surface area contributed by atoms with E-state index in [2.05, 4.69) is 0 Å². The minimum absolute atomic E-state index is 0.0165. The van der Waals surface area contributed by atoms with Crippen LogP contribution in [0.5, 0.6) is 0 Å². The van der Waals surface area contributed by atoms with E-state index in [-0.39, 0.29) is 29.8 Å². The first-order valence-corrected chi connectivity index (χ1v) is 5.98. The van der Waals surface area contributed by atoms with Crippen molar-refractivity contribution in [3.05, 3.63) is 34.4 Å². The second-order valence-corrected chi connectivity index (χ2v) is 4.61. The van der Waals surface area contributed by atoms with Crippen LogP contribution in [0.3, 0.4) is 0 Å². The number of aliphatic hydroxyl groups excluding tert-OH is 1. The van der Waals surface area contributed by atoms with Crippen LogP contribution in [-0.4, -0.2) is 35.1 Å². The van der Waals surface area contributed by atoms with Gasteiger partial charge in [0.15, 0.2) is 0 Å². The summed E-state index contributed by atoms with van der Waals surface area (Å²) in [6.45, 7) is -0.0902. The van der Waals surface area contributed by atoms with Gasteiger partial charge in [0, 0.05) is 12.6 Å². The van der Waals surface area contributed by atoms with Crippen molar-refractivity contribution in [3.63, 3.8) is 0 Å². The average molecular weight is 276 g/mol. The van der Waals surface area contributed by atoms with Crippen molar-refractivity contribution >= 4 is 17.5 Å². The van der Waals surface area contributed by atoms with Gasteiger partial charge in [-0.05, 0) is 25.0 Å². The third-order valence-corrected chi connectivity index (χ3v) is 3.12. The molecular formula is C12H12ClF2NO2. The molecule has 0 aromatic heterocycles. The Morgan fingerprint density at radius 3 is 2.61 bits per heavy atom. The zero-order chi connectivity index (χ0) is 13.3. The van der Waals surface area contributed by atoms with E-state index in [1.165, 1.54) is 4.90 Å². The Bertz CT molecular complexity index is 477. The van der Waals surface area contributed by atoms with Gasteiger partial charge in [0.1, 0.15) is 11.6 Å². The molecule has 0 atom stereocenters. The molecule has 3 nitrogen and oxygen atoms in total. The zero-order valence-electron chi connectivity index (χ0n) is 9.50. The summed E-state index contributed by atoms with van der Waals surface area (Å²) in [5.41, 5.74) is -0.350. The van der Waals surface area contributed by atoms with Crippen LogP contribution in [0, 0.1) is 11.6 Å². The minimum atomic E-state index is -0.852. The maximum Gasteiger partial charge on any atom is 0.257 e. The maximum atomic E-state index is 13.6. The number of hydrogen-bond donors (Lipinski definition) is 1. The lowest BCUT2D eigenvalue weighted by molar-refractivity contribution is 0.0702. The number of nitrogens with zero attached hydrogens (tertiary/aromatic N) is 1. The van der Waals surface area contributed by atoms with Crippen LogP contribution in [0.1, 0.15) is 23.2 Å². The van der Waals surface area contributed by atoms with E-state index in [9.17, 15) is 13.6 Å². The fourth-order valence-corrected chi connectivity index (χ4v) is 1.94. The molecule has 0 bridgehead atoms. The van der Waals surface area contributed by atoms with E-state index in [1.54, 1.807) is 0 Å². The van der Waals surface area contributed by atoms with Crippen LogP contribution in [-0.2, 0) is 0 Å². The number of aliphatic hydroxyl groups is 1. The van der Waals surface area contributed by atoms with Crippen molar-refractivity contribution in [2.45, 2.75) is 18.9 Å². The molecule has 6 heteroatoms. The average Bonchev–Trinajstić information content (AvgIpc) is 3.14. The molecule has 1 aliphatic rings. The predicted octanol–water partition coefficient (Wildman–Crippen LogP) is 2.22. The van der Waals surface area contributed by atoms with Crippen LogP contribution in [0.2, 0.25) is 5.02 Å². The number of carbonyl (C=O) groups excluding carboxylic acids is 1. The van der Waals surface area contributed by atoms with Gasteiger partial charge in [-0.1, -0.05) is 11.6 Å². The zero-order valence-corrected chi connectivity index (χ0v) is 10.3. The predicted molar refractivity (Wildman–Crippen MR) is 62.5 cm³/mol. The second kappa shape index (κ2) is 5.20. The van der Waals surface area contributed by atoms with Gasteiger partial charge in [-0.2, -0.15) is 0 Å². The molecule has 1 aromatic rings.